The van der Waals surface area contributed by atoms with Crippen LogP contribution in [0.5, 0.6) is 5.75 Å². The first-order valence-corrected chi connectivity index (χ1v) is 11.3. The van der Waals surface area contributed by atoms with E-state index in [1.807, 2.05) is 52.0 Å². The molecular formula is C22H26KN3O4S. The summed E-state index contributed by atoms with van der Waals surface area (Å²) in [6, 6.07) is 7.51. The molecule has 0 spiro atoms. The van der Waals surface area contributed by atoms with Gasteiger partial charge >= 0.3 is 51.4 Å². The Bertz CT molecular complexity index is 1040. The molecule has 1 fully saturated rings. The molecule has 0 bridgehead atoms. The molecule has 7 nitrogen and oxygen atoms in total. The fourth-order valence-electron chi connectivity index (χ4n) is 3.32. The van der Waals surface area contributed by atoms with E-state index in [1.165, 1.54) is 0 Å². The predicted octanol–water partition coefficient (Wildman–Crippen LogP) is 0.294. The van der Waals surface area contributed by atoms with Crippen LogP contribution in [0.25, 0.3) is 11.0 Å². The van der Waals surface area contributed by atoms with Gasteiger partial charge < -0.3 is 24.2 Å². The summed E-state index contributed by atoms with van der Waals surface area (Å²) in [5.41, 5.74) is 4.05. The number of para-hydroxylation sites is 2. The summed E-state index contributed by atoms with van der Waals surface area (Å²) in [5.74, 6) is 0.634. The Morgan fingerprint density at radius 3 is 2.65 bits per heavy atom. The van der Waals surface area contributed by atoms with Crippen molar-refractivity contribution in [1.82, 2.24) is 15.0 Å². The number of nitrogens with zero attached hydrogens (tertiary/aromatic N) is 3. The van der Waals surface area contributed by atoms with Crippen LogP contribution < -0.4 is 61.1 Å². The van der Waals surface area contributed by atoms with Crippen LogP contribution in [-0.2, 0) is 26.0 Å². The fraction of sp³-hybridized carbons (Fsp3) is 0.455. The quantitative estimate of drug-likeness (QED) is 0.482. The monoisotopic (exact) mass is 467 g/mol. The fourth-order valence-corrected chi connectivity index (χ4v) is 4.39. The smallest absolute Gasteiger partial charge is 0.492 e. The standard InChI is InChI=1S/C22H26N3O4S.K/c1-14-9-23-19(13-30(26)21-24-17-7-5-6-8-18(17)25-21)15(2)20(14)27-10-16-11-28-22(3,4)29-12-16;/h5-9,16H,10-13H2,1-4H3;/q-1;+1. The maximum Gasteiger partial charge on any atom is 1.00 e. The van der Waals surface area contributed by atoms with Gasteiger partial charge in [0.25, 0.3) is 0 Å². The van der Waals surface area contributed by atoms with Gasteiger partial charge in [0.05, 0.1) is 42.1 Å². The molecule has 9 heteroatoms. The van der Waals surface area contributed by atoms with E-state index >= 15 is 0 Å². The van der Waals surface area contributed by atoms with E-state index in [0.717, 1.165) is 33.6 Å². The molecule has 0 amide bonds. The van der Waals surface area contributed by atoms with Gasteiger partial charge in [-0.25, -0.2) is 0 Å². The zero-order chi connectivity index (χ0) is 21.3. The number of hydrogen-bond donors (Lipinski definition) is 0. The summed E-state index contributed by atoms with van der Waals surface area (Å²) in [6.45, 7) is 9.40. The molecule has 1 aliphatic rings. The van der Waals surface area contributed by atoms with Gasteiger partial charge in [0.1, 0.15) is 5.75 Å². The van der Waals surface area contributed by atoms with Crippen molar-refractivity contribution in [2.45, 2.75) is 44.4 Å². The number of fused-ring (bicyclic) bond motifs is 1. The zero-order valence-electron chi connectivity index (χ0n) is 18.7. The van der Waals surface area contributed by atoms with Crippen molar-refractivity contribution in [2.75, 3.05) is 19.8 Å². The second-order valence-electron chi connectivity index (χ2n) is 8.03. The van der Waals surface area contributed by atoms with Gasteiger partial charge in [-0.3, -0.25) is 9.19 Å². The third-order valence-corrected chi connectivity index (χ3v) is 6.25. The van der Waals surface area contributed by atoms with Gasteiger partial charge in [-0.05, 0) is 38.7 Å². The van der Waals surface area contributed by atoms with Gasteiger partial charge in [0.2, 0.25) is 0 Å². The molecule has 1 aliphatic heterocycles. The first kappa shape index (κ1) is 25.0. The first-order chi connectivity index (χ1) is 14.3. The Morgan fingerprint density at radius 1 is 1.23 bits per heavy atom. The Morgan fingerprint density at radius 2 is 1.94 bits per heavy atom. The number of imidazole rings is 1. The van der Waals surface area contributed by atoms with E-state index in [0.29, 0.717) is 25.0 Å². The van der Waals surface area contributed by atoms with Gasteiger partial charge in [0.15, 0.2) is 5.79 Å². The van der Waals surface area contributed by atoms with Crippen molar-refractivity contribution in [2.24, 2.45) is 5.92 Å². The first-order valence-electron chi connectivity index (χ1n) is 9.96. The van der Waals surface area contributed by atoms with Crippen LogP contribution in [0.15, 0.2) is 35.6 Å². The number of pyridine rings is 1. The molecule has 0 aliphatic carbocycles. The number of hydrogen-bond acceptors (Lipinski definition) is 6. The van der Waals surface area contributed by atoms with Crippen molar-refractivity contribution in [3.05, 3.63) is 47.3 Å². The second kappa shape index (κ2) is 10.5. The predicted molar refractivity (Wildman–Crippen MR) is 114 cm³/mol. The van der Waals surface area contributed by atoms with Gasteiger partial charge in [-0.1, -0.05) is 24.3 Å². The minimum Gasteiger partial charge on any atom is -0.492 e. The minimum atomic E-state index is -1.39. The molecule has 3 aromatic rings. The van der Waals surface area contributed by atoms with Crippen LogP contribution in [0, 0.1) is 19.8 Å². The van der Waals surface area contributed by atoms with Gasteiger partial charge in [-0.15, -0.1) is 0 Å². The van der Waals surface area contributed by atoms with Gasteiger partial charge in [-0.2, -0.15) is 0 Å². The second-order valence-corrected chi connectivity index (χ2v) is 9.37. The van der Waals surface area contributed by atoms with Crippen LogP contribution in [0.2, 0.25) is 0 Å². The third kappa shape index (κ3) is 6.03. The molecule has 0 saturated carbocycles. The third-order valence-electron chi connectivity index (χ3n) is 5.13. The molecule has 1 aromatic carbocycles. The molecule has 4 rings (SSSR count). The Kier molecular flexibility index (Phi) is 8.48. The zero-order valence-corrected chi connectivity index (χ0v) is 22.6. The summed E-state index contributed by atoms with van der Waals surface area (Å²) in [5, 5.41) is 0.333. The van der Waals surface area contributed by atoms with Crippen molar-refractivity contribution in [1.29, 1.82) is 0 Å². The van der Waals surface area contributed by atoms with E-state index in [1.54, 1.807) is 6.20 Å². The number of ether oxygens (including phenoxy) is 3. The van der Waals surface area contributed by atoms with Crippen LogP contribution in [0.3, 0.4) is 0 Å². The molecule has 0 N–H and O–H groups in total. The van der Waals surface area contributed by atoms with E-state index < -0.39 is 16.6 Å². The summed E-state index contributed by atoms with van der Waals surface area (Å²) in [6.07, 6.45) is 1.76. The Hall–Kier alpha value is -0.654. The molecular weight excluding hydrogens is 441 g/mol. The van der Waals surface area contributed by atoms with E-state index in [9.17, 15) is 4.21 Å². The topological polar surface area (TPSA) is 84.6 Å². The Balaban J connectivity index is 0.00000272. The molecule has 1 saturated heterocycles. The Labute approximate surface area is 227 Å². The molecule has 1 unspecified atom stereocenters. The maximum atomic E-state index is 12.9. The van der Waals surface area contributed by atoms with Crippen LogP contribution >= 0.6 is 0 Å². The van der Waals surface area contributed by atoms with Crippen molar-refractivity contribution >= 4 is 21.8 Å². The normalized spacial score (nSPS) is 17.3. The summed E-state index contributed by atoms with van der Waals surface area (Å²) < 4.78 is 30.4. The summed E-state index contributed by atoms with van der Waals surface area (Å²) in [4.78, 5) is 13.3. The molecule has 0 radical (unpaired) electrons. The molecule has 31 heavy (non-hydrogen) atoms. The molecule has 160 valence electrons. The van der Waals surface area contributed by atoms with Crippen molar-refractivity contribution in [3.63, 3.8) is 0 Å². The van der Waals surface area contributed by atoms with Crippen LogP contribution in [0.4, 0.5) is 0 Å². The summed E-state index contributed by atoms with van der Waals surface area (Å²) >= 11 is 0. The summed E-state index contributed by atoms with van der Waals surface area (Å²) in [7, 11) is -1.39. The van der Waals surface area contributed by atoms with E-state index in [-0.39, 0.29) is 63.1 Å². The van der Waals surface area contributed by atoms with Crippen LogP contribution in [0.1, 0.15) is 30.7 Å². The molecule has 2 aromatic heterocycles. The molecule has 1 atom stereocenters. The number of aryl methyl sites for hydroxylation is 1. The number of rotatable bonds is 6. The van der Waals surface area contributed by atoms with Crippen LogP contribution in [-0.4, -0.2) is 39.8 Å². The number of aromatic nitrogens is 3. The van der Waals surface area contributed by atoms with Gasteiger partial charge in [0, 0.05) is 28.4 Å². The SMILES string of the molecule is Cc1cnc(CS(=O)c2nc3ccccc3[n-]2)c(C)c1OCC1COC(C)(C)OC1.[K+]. The van der Waals surface area contributed by atoms with E-state index in [4.69, 9.17) is 14.2 Å². The van der Waals surface area contributed by atoms with E-state index in [2.05, 4.69) is 15.0 Å². The maximum absolute atomic E-state index is 12.9. The average molecular weight is 468 g/mol. The average Bonchev–Trinajstić information content (AvgIpc) is 3.15. The largest absolute Gasteiger partial charge is 1.00 e. The van der Waals surface area contributed by atoms with Crippen molar-refractivity contribution in [3.8, 4) is 5.75 Å². The minimum absolute atomic E-state index is 0. The molecule has 3 heterocycles. The van der Waals surface area contributed by atoms with Crippen molar-refractivity contribution < 1.29 is 69.8 Å². The number of benzene rings is 1.